The Hall–Kier alpha value is -2.09. The second-order valence-corrected chi connectivity index (χ2v) is 7.49. The van der Waals surface area contributed by atoms with Gasteiger partial charge in [0, 0.05) is 12.1 Å². The first kappa shape index (κ1) is 18.7. The summed E-state index contributed by atoms with van der Waals surface area (Å²) < 4.78 is 19.6. The molecule has 3 nitrogen and oxygen atoms in total. The zero-order valence-corrected chi connectivity index (χ0v) is 15.6. The Morgan fingerprint density at radius 1 is 1.23 bits per heavy atom. The van der Waals surface area contributed by atoms with Crippen molar-refractivity contribution in [3.8, 4) is 11.8 Å². The molecule has 26 heavy (non-hydrogen) atoms. The molecule has 5 heteroatoms. The van der Waals surface area contributed by atoms with Crippen LogP contribution in [-0.4, -0.2) is 18.0 Å². The smallest absolute Gasteiger partial charge is 0.131 e. The van der Waals surface area contributed by atoms with Crippen LogP contribution in [0, 0.1) is 22.6 Å². The predicted molar refractivity (Wildman–Crippen MR) is 100 cm³/mol. The molecule has 3 rings (SSSR count). The molecule has 1 aliphatic heterocycles. The van der Waals surface area contributed by atoms with E-state index in [1.54, 1.807) is 12.1 Å². The maximum atomic E-state index is 13.8. The lowest BCUT2D eigenvalue weighted by molar-refractivity contribution is 0.150. The van der Waals surface area contributed by atoms with Gasteiger partial charge in [-0.25, -0.2) is 4.39 Å². The van der Waals surface area contributed by atoms with E-state index >= 15 is 0 Å². The minimum Gasteiger partial charge on any atom is -0.489 e. The molecule has 0 spiro atoms. The maximum absolute atomic E-state index is 13.8. The zero-order chi connectivity index (χ0) is 18.6. The molecule has 2 aromatic carbocycles. The number of nitriles is 1. The van der Waals surface area contributed by atoms with Crippen molar-refractivity contribution in [1.82, 2.24) is 4.90 Å². The minimum atomic E-state index is -0.359. The van der Waals surface area contributed by atoms with Gasteiger partial charge in [-0.2, -0.15) is 5.26 Å². The van der Waals surface area contributed by atoms with E-state index in [0.29, 0.717) is 16.3 Å². The molecule has 0 bridgehead atoms. The molecule has 1 fully saturated rings. The van der Waals surface area contributed by atoms with Crippen LogP contribution in [0.3, 0.4) is 0 Å². The average molecular weight is 373 g/mol. The predicted octanol–water partition coefficient (Wildman–Crippen LogP) is 5.18. The lowest BCUT2D eigenvalue weighted by atomic mass is 9.82. The third-order valence-corrected chi connectivity index (χ3v) is 5.33. The molecule has 0 unspecified atom stereocenters. The quantitative estimate of drug-likeness (QED) is 0.725. The molecule has 136 valence electrons. The molecular weight excluding hydrogens is 351 g/mol. The molecule has 0 atom stereocenters. The van der Waals surface area contributed by atoms with Gasteiger partial charge in [0.25, 0.3) is 0 Å². The van der Waals surface area contributed by atoms with E-state index < -0.39 is 0 Å². The summed E-state index contributed by atoms with van der Waals surface area (Å²) in [7, 11) is 0. The third kappa shape index (κ3) is 4.55. The van der Waals surface area contributed by atoms with Crippen LogP contribution in [-0.2, 0) is 13.2 Å². The summed E-state index contributed by atoms with van der Waals surface area (Å²) in [5.41, 5.74) is 1.31. The highest BCUT2D eigenvalue weighted by atomic mass is 35.5. The number of nitrogens with zero attached hydrogens (tertiary/aromatic N) is 2. The highest BCUT2D eigenvalue weighted by molar-refractivity contribution is 6.31. The Bertz CT molecular complexity index is 790. The molecule has 2 aromatic rings. The summed E-state index contributed by atoms with van der Waals surface area (Å²) in [5, 5.41) is 9.60. The number of hydrogen-bond donors (Lipinski definition) is 0. The normalized spacial score (nSPS) is 16.8. The molecule has 0 aliphatic carbocycles. The van der Waals surface area contributed by atoms with Crippen LogP contribution in [0.5, 0.6) is 5.75 Å². The van der Waals surface area contributed by atoms with Crippen LogP contribution in [0.2, 0.25) is 5.02 Å². The standard InChI is InChI=1S/C21H22ClFN2O/c1-21(15-24)8-10-25(11-9-21)13-16-4-2-5-17(12-16)26-14-18-19(22)6-3-7-20(18)23/h2-7,12H,8-11,13-14H2,1H3. The number of piperidine rings is 1. The molecule has 0 amide bonds. The molecule has 0 radical (unpaired) electrons. The van der Waals surface area contributed by atoms with Crippen molar-refractivity contribution in [3.05, 3.63) is 64.4 Å². The first-order valence-corrected chi connectivity index (χ1v) is 9.15. The van der Waals surface area contributed by atoms with Gasteiger partial charge in [-0.3, -0.25) is 4.90 Å². The van der Waals surface area contributed by atoms with E-state index in [2.05, 4.69) is 17.0 Å². The van der Waals surface area contributed by atoms with Crippen molar-refractivity contribution >= 4 is 11.6 Å². The van der Waals surface area contributed by atoms with E-state index in [0.717, 1.165) is 38.0 Å². The zero-order valence-electron chi connectivity index (χ0n) is 14.8. The van der Waals surface area contributed by atoms with E-state index in [-0.39, 0.29) is 17.8 Å². The van der Waals surface area contributed by atoms with Gasteiger partial charge in [-0.1, -0.05) is 29.8 Å². The summed E-state index contributed by atoms with van der Waals surface area (Å²) in [5.74, 6) is 0.336. The molecule has 0 saturated carbocycles. The Labute approximate surface area is 159 Å². The summed E-state index contributed by atoms with van der Waals surface area (Å²) in [4.78, 5) is 2.35. The number of halogens is 2. The molecule has 0 aromatic heterocycles. The van der Waals surface area contributed by atoms with Crippen LogP contribution in [0.25, 0.3) is 0 Å². The van der Waals surface area contributed by atoms with Crippen LogP contribution >= 0.6 is 11.6 Å². The van der Waals surface area contributed by atoms with Gasteiger partial charge < -0.3 is 4.74 Å². The number of ether oxygens (including phenoxy) is 1. The number of likely N-dealkylation sites (tertiary alicyclic amines) is 1. The second kappa shape index (κ2) is 8.07. The Balaban J connectivity index is 1.60. The van der Waals surface area contributed by atoms with E-state index in [9.17, 15) is 9.65 Å². The van der Waals surface area contributed by atoms with Crippen molar-refractivity contribution in [1.29, 1.82) is 5.26 Å². The van der Waals surface area contributed by atoms with E-state index in [1.807, 2.05) is 25.1 Å². The van der Waals surface area contributed by atoms with Gasteiger partial charge in [0.2, 0.25) is 0 Å². The summed E-state index contributed by atoms with van der Waals surface area (Å²) in [6.45, 7) is 4.78. The Kier molecular flexibility index (Phi) is 5.80. The first-order chi connectivity index (χ1) is 12.5. The van der Waals surface area contributed by atoms with Crippen molar-refractivity contribution in [2.24, 2.45) is 5.41 Å². The SMILES string of the molecule is CC1(C#N)CCN(Cc2cccc(OCc3c(F)cccc3Cl)c2)CC1. The summed E-state index contributed by atoms with van der Waals surface area (Å²) in [6.07, 6.45) is 1.79. The highest BCUT2D eigenvalue weighted by Gasteiger charge is 2.29. The topological polar surface area (TPSA) is 36.3 Å². The van der Waals surface area contributed by atoms with Crippen LogP contribution in [0.15, 0.2) is 42.5 Å². The lowest BCUT2D eigenvalue weighted by Crippen LogP contribution is -2.37. The van der Waals surface area contributed by atoms with E-state index in [1.165, 1.54) is 6.07 Å². The Morgan fingerprint density at radius 3 is 2.65 bits per heavy atom. The fourth-order valence-corrected chi connectivity index (χ4v) is 3.35. The largest absolute Gasteiger partial charge is 0.489 e. The third-order valence-electron chi connectivity index (χ3n) is 4.98. The van der Waals surface area contributed by atoms with Crippen LogP contribution in [0.4, 0.5) is 4.39 Å². The number of rotatable bonds is 5. The van der Waals surface area contributed by atoms with Crippen LogP contribution < -0.4 is 4.74 Å². The van der Waals surface area contributed by atoms with Gasteiger partial charge in [0.05, 0.1) is 16.5 Å². The number of hydrogen-bond acceptors (Lipinski definition) is 3. The van der Waals surface area contributed by atoms with Crippen LogP contribution in [0.1, 0.15) is 30.9 Å². The summed E-state index contributed by atoms with van der Waals surface area (Å²) >= 11 is 6.04. The van der Waals surface area contributed by atoms with Gasteiger partial charge in [-0.05, 0) is 62.7 Å². The molecule has 1 heterocycles. The minimum absolute atomic E-state index is 0.0964. The first-order valence-electron chi connectivity index (χ1n) is 8.77. The fourth-order valence-electron chi connectivity index (χ4n) is 3.13. The molecule has 0 N–H and O–H groups in total. The fraction of sp³-hybridized carbons (Fsp3) is 0.381. The number of benzene rings is 2. The average Bonchev–Trinajstić information content (AvgIpc) is 2.64. The van der Waals surface area contributed by atoms with Crippen molar-refractivity contribution < 1.29 is 9.13 Å². The lowest BCUT2D eigenvalue weighted by Gasteiger charge is -2.34. The highest BCUT2D eigenvalue weighted by Crippen LogP contribution is 2.30. The monoisotopic (exact) mass is 372 g/mol. The van der Waals surface area contributed by atoms with Crippen molar-refractivity contribution in [2.75, 3.05) is 13.1 Å². The van der Waals surface area contributed by atoms with Crippen molar-refractivity contribution in [2.45, 2.75) is 32.9 Å². The van der Waals surface area contributed by atoms with E-state index in [4.69, 9.17) is 16.3 Å². The molecule has 1 aliphatic rings. The second-order valence-electron chi connectivity index (χ2n) is 7.08. The van der Waals surface area contributed by atoms with Crippen molar-refractivity contribution in [3.63, 3.8) is 0 Å². The van der Waals surface area contributed by atoms with Gasteiger partial charge in [-0.15, -0.1) is 0 Å². The summed E-state index contributed by atoms with van der Waals surface area (Å²) in [6, 6.07) is 14.9. The maximum Gasteiger partial charge on any atom is 0.131 e. The Morgan fingerprint density at radius 2 is 1.96 bits per heavy atom. The van der Waals surface area contributed by atoms with Gasteiger partial charge >= 0.3 is 0 Å². The molecule has 1 saturated heterocycles. The molecular formula is C21H22ClFN2O. The van der Waals surface area contributed by atoms with Gasteiger partial charge in [0.1, 0.15) is 18.2 Å². The van der Waals surface area contributed by atoms with Gasteiger partial charge in [0.15, 0.2) is 0 Å².